The number of aromatic nitrogens is 2. The van der Waals surface area contributed by atoms with E-state index in [4.69, 9.17) is 28.3 Å². The lowest BCUT2D eigenvalue weighted by molar-refractivity contribution is 0.277. The molecule has 0 amide bonds. The summed E-state index contributed by atoms with van der Waals surface area (Å²) in [7, 11) is 0. The Morgan fingerprint density at radius 3 is 2.73 bits per heavy atom. The number of halogens is 2. The van der Waals surface area contributed by atoms with E-state index in [0.29, 0.717) is 16.5 Å². The van der Waals surface area contributed by atoms with Crippen molar-refractivity contribution in [3.05, 3.63) is 40.1 Å². The summed E-state index contributed by atoms with van der Waals surface area (Å²) in [6, 6.07) is 7.25. The van der Waals surface area contributed by atoms with Crippen LogP contribution in [0.5, 0.6) is 0 Å². The number of imidazole rings is 1. The predicted molar refractivity (Wildman–Crippen MR) is 60.0 cm³/mol. The number of aromatic amines is 1. The van der Waals surface area contributed by atoms with E-state index in [1.165, 1.54) is 0 Å². The quantitative estimate of drug-likeness (QED) is 0.851. The van der Waals surface area contributed by atoms with Crippen LogP contribution in [-0.2, 0) is 6.61 Å². The first-order valence-electron chi connectivity index (χ1n) is 4.32. The van der Waals surface area contributed by atoms with Crippen molar-refractivity contribution in [2.45, 2.75) is 6.61 Å². The average Bonchev–Trinajstić information content (AvgIpc) is 2.60. The van der Waals surface area contributed by atoms with Gasteiger partial charge in [-0.25, -0.2) is 4.98 Å². The van der Waals surface area contributed by atoms with E-state index in [1.807, 2.05) is 12.1 Å². The van der Waals surface area contributed by atoms with Crippen molar-refractivity contribution in [3.63, 3.8) is 0 Å². The number of H-pyrrole nitrogens is 1. The second-order valence-corrected chi connectivity index (χ2v) is 3.82. The number of nitrogens with one attached hydrogen (secondary N) is 1. The molecular weight excluding hydrogens is 235 g/mol. The van der Waals surface area contributed by atoms with E-state index in [-0.39, 0.29) is 11.8 Å². The Morgan fingerprint density at radius 2 is 2.13 bits per heavy atom. The van der Waals surface area contributed by atoms with Crippen molar-refractivity contribution < 1.29 is 5.11 Å². The number of nitrogens with zero attached hydrogens (tertiary/aromatic N) is 1. The maximum atomic E-state index is 8.95. The molecule has 0 aliphatic carbocycles. The van der Waals surface area contributed by atoms with Crippen LogP contribution in [0.3, 0.4) is 0 Å². The molecule has 0 radical (unpaired) electrons. The third kappa shape index (κ3) is 2.15. The molecule has 0 unspecified atom stereocenters. The van der Waals surface area contributed by atoms with Crippen LogP contribution in [-0.4, -0.2) is 15.1 Å². The molecule has 0 saturated heterocycles. The number of aliphatic hydroxyl groups excluding tert-OH is 1. The number of hydrogen-bond donors (Lipinski definition) is 2. The molecule has 78 valence electrons. The Labute approximate surface area is 96.7 Å². The summed E-state index contributed by atoms with van der Waals surface area (Å²) in [5, 5.41) is 9.87. The highest BCUT2D eigenvalue weighted by atomic mass is 35.5. The van der Waals surface area contributed by atoms with Gasteiger partial charge in [0.25, 0.3) is 0 Å². The average molecular weight is 243 g/mol. The minimum atomic E-state index is -0.160. The minimum absolute atomic E-state index is 0.160. The van der Waals surface area contributed by atoms with Crippen LogP contribution in [0.15, 0.2) is 24.3 Å². The van der Waals surface area contributed by atoms with Crippen LogP contribution in [0.1, 0.15) is 5.69 Å². The highest BCUT2D eigenvalue weighted by Gasteiger charge is 2.08. The lowest BCUT2D eigenvalue weighted by Gasteiger charge is -1.96. The van der Waals surface area contributed by atoms with Crippen LogP contribution in [0.25, 0.3) is 11.4 Å². The van der Waals surface area contributed by atoms with Crippen molar-refractivity contribution in [1.29, 1.82) is 0 Å². The third-order valence-corrected chi connectivity index (χ3v) is 2.53. The van der Waals surface area contributed by atoms with Gasteiger partial charge in [-0.2, -0.15) is 0 Å². The first-order valence-corrected chi connectivity index (χ1v) is 5.07. The van der Waals surface area contributed by atoms with Crippen LogP contribution >= 0.6 is 23.2 Å². The summed E-state index contributed by atoms with van der Waals surface area (Å²) in [4.78, 5) is 7.01. The summed E-state index contributed by atoms with van der Waals surface area (Å²) in [6.45, 7) is -0.160. The molecular formula is C10H8Cl2N2O. The van der Waals surface area contributed by atoms with Crippen LogP contribution in [0.2, 0.25) is 10.2 Å². The molecule has 0 spiro atoms. The van der Waals surface area contributed by atoms with Gasteiger partial charge in [-0.3, -0.25) is 0 Å². The van der Waals surface area contributed by atoms with Gasteiger partial charge >= 0.3 is 0 Å². The van der Waals surface area contributed by atoms with Crippen molar-refractivity contribution in [1.82, 2.24) is 9.97 Å². The van der Waals surface area contributed by atoms with Crippen LogP contribution in [0, 0.1) is 0 Å². The number of hydrogen-bond acceptors (Lipinski definition) is 2. The molecule has 1 heterocycles. The van der Waals surface area contributed by atoms with Gasteiger partial charge in [-0.05, 0) is 12.1 Å². The van der Waals surface area contributed by atoms with Gasteiger partial charge in [0.1, 0.15) is 5.82 Å². The highest BCUT2D eigenvalue weighted by Crippen LogP contribution is 2.23. The summed E-state index contributed by atoms with van der Waals surface area (Å²) in [5.41, 5.74) is 1.34. The smallest absolute Gasteiger partial charge is 0.153 e. The molecule has 1 aromatic heterocycles. The molecule has 0 bridgehead atoms. The van der Waals surface area contributed by atoms with E-state index in [1.54, 1.807) is 12.1 Å². The zero-order valence-electron chi connectivity index (χ0n) is 7.67. The van der Waals surface area contributed by atoms with Gasteiger partial charge in [0.05, 0.1) is 12.3 Å². The Balaban J connectivity index is 2.45. The molecule has 5 heteroatoms. The SMILES string of the molecule is OCc1[nH]c(-c2cccc(Cl)c2)nc1Cl. The predicted octanol–water partition coefficient (Wildman–Crippen LogP) is 2.88. The van der Waals surface area contributed by atoms with Crippen molar-refractivity contribution in [3.8, 4) is 11.4 Å². The first-order chi connectivity index (χ1) is 7.20. The molecule has 2 N–H and O–H groups in total. The van der Waals surface area contributed by atoms with Crippen LogP contribution < -0.4 is 0 Å². The van der Waals surface area contributed by atoms with E-state index >= 15 is 0 Å². The second kappa shape index (κ2) is 4.23. The minimum Gasteiger partial charge on any atom is -0.390 e. The lowest BCUT2D eigenvalue weighted by atomic mass is 10.2. The van der Waals surface area contributed by atoms with Gasteiger partial charge in [0.15, 0.2) is 5.15 Å². The van der Waals surface area contributed by atoms with Crippen molar-refractivity contribution in [2.75, 3.05) is 0 Å². The lowest BCUT2D eigenvalue weighted by Crippen LogP contribution is -1.83. The second-order valence-electron chi connectivity index (χ2n) is 3.02. The number of aliphatic hydroxyl groups is 1. The zero-order chi connectivity index (χ0) is 10.8. The van der Waals surface area contributed by atoms with E-state index in [9.17, 15) is 0 Å². The van der Waals surface area contributed by atoms with Gasteiger partial charge in [-0.1, -0.05) is 35.3 Å². The molecule has 0 saturated carbocycles. The molecule has 0 atom stereocenters. The normalized spacial score (nSPS) is 10.6. The third-order valence-electron chi connectivity index (χ3n) is 1.98. The molecule has 0 fully saturated rings. The monoisotopic (exact) mass is 242 g/mol. The summed E-state index contributed by atoms with van der Waals surface area (Å²) < 4.78 is 0. The molecule has 0 aliphatic rings. The molecule has 2 rings (SSSR count). The summed E-state index contributed by atoms with van der Waals surface area (Å²) >= 11 is 11.7. The molecule has 0 aliphatic heterocycles. The van der Waals surface area contributed by atoms with E-state index < -0.39 is 0 Å². The maximum absolute atomic E-state index is 8.95. The Bertz CT molecular complexity index is 482. The summed E-state index contributed by atoms with van der Waals surface area (Å²) in [6.07, 6.45) is 0. The van der Waals surface area contributed by atoms with Gasteiger partial charge in [0.2, 0.25) is 0 Å². The fourth-order valence-electron chi connectivity index (χ4n) is 1.27. The molecule has 3 nitrogen and oxygen atoms in total. The Hall–Kier alpha value is -1.03. The largest absolute Gasteiger partial charge is 0.390 e. The summed E-state index contributed by atoms with van der Waals surface area (Å²) in [5.74, 6) is 0.603. The van der Waals surface area contributed by atoms with E-state index in [0.717, 1.165) is 5.56 Å². The molecule has 15 heavy (non-hydrogen) atoms. The fraction of sp³-hybridized carbons (Fsp3) is 0.100. The topological polar surface area (TPSA) is 48.9 Å². The van der Waals surface area contributed by atoms with Crippen LogP contribution in [0.4, 0.5) is 0 Å². The van der Waals surface area contributed by atoms with Gasteiger partial charge in [0, 0.05) is 10.6 Å². The maximum Gasteiger partial charge on any atom is 0.153 e. The molecule has 2 aromatic rings. The highest BCUT2D eigenvalue weighted by molar-refractivity contribution is 6.31. The van der Waals surface area contributed by atoms with Crippen molar-refractivity contribution in [2.24, 2.45) is 0 Å². The van der Waals surface area contributed by atoms with Gasteiger partial charge < -0.3 is 10.1 Å². The first kappa shape index (κ1) is 10.5. The standard InChI is InChI=1S/C10H8Cl2N2O/c11-7-3-1-2-6(4-7)10-13-8(5-15)9(12)14-10/h1-4,15H,5H2,(H,13,14). The Morgan fingerprint density at radius 1 is 1.33 bits per heavy atom. The number of rotatable bonds is 2. The fourth-order valence-corrected chi connectivity index (χ4v) is 1.65. The van der Waals surface area contributed by atoms with Crippen molar-refractivity contribution >= 4 is 23.2 Å². The Kier molecular flexibility index (Phi) is 2.95. The van der Waals surface area contributed by atoms with Gasteiger partial charge in [-0.15, -0.1) is 0 Å². The zero-order valence-corrected chi connectivity index (χ0v) is 9.18. The molecule has 1 aromatic carbocycles. The van der Waals surface area contributed by atoms with E-state index in [2.05, 4.69) is 9.97 Å². The number of benzene rings is 1.